The van der Waals surface area contributed by atoms with Crippen LogP contribution >= 0.6 is 0 Å². The van der Waals surface area contributed by atoms with Crippen LogP contribution in [0.2, 0.25) is 0 Å². The van der Waals surface area contributed by atoms with E-state index in [-0.39, 0.29) is 61.9 Å². The molecule has 0 aliphatic carbocycles. The summed E-state index contributed by atoms with van der Waals surface area (Å²) in [7, 11) is 0. The third-order valence-corrected chi connectivity index (χ3v) is 9.10. The van der Waals surface area contributed by atoms with Gasteiger partial charge in [-0.1, -0.05) is 39.5 Å². The molecule has 3 saturated heterocycles. The standard InChI is InChI=1S/C17H25NO6.C16H23NO7.C14H19NO7/c1-12(2)15(19)22-10-14(24-16(20)13(3)4)11-23-17(21)18-8-6-5-7-9-18;1-11(2)14(18)22-9-13(24-15(19)12(3)4)10-23-16(20)17-5-7-21-8-6-17;1-3-12(16)20-9-11(22-13(17)4-2)10-21-14(18)15-5-7-19-8-6-15/h14H,1,3,5-11H2,2,4H3;13H,1,3,5-10H2,2,4H3;3-4,11H,1-2,5-10H2. The summed E-state index contributed by atoms with van der Waals surface area (Å²) in [5.41, 5.74) is 0.829. The van der Waals surface area contributed by atoms with Crippen molar-refractivity contribution in [2.24, 2.45) is 0 Å². The van der Waals surface area contributed by atoms with Crippen LogP contribution in [-0.2, 0) is 80.9 Å². The van der Waals surface area contributed by atoms with E-state index in [0.717, 1.165) is 31.4 Å². The molecule has 70 heavy (non-hydrogen) atoms. The second-order valence-corrected chi connectivity index (χ2v) is 15.4. The second-order valence-electron chi connectivity index (χ2n) is 15.4. The molecule has 3 fully saturated rings. The highest BCUT2D eigenvalue weighted by Crippen LogP contribution is 2.12. The van der Waals surface area contributed by atoms with Crippen molar-refractivity contribution in [2.75, 3.05) is 105 Å². The summed E-state index contributed by atoms with van der Waals surface area (Å²) in [4.78, 5) is 109. The van der Waals surface area contributed by atoms with Gasteiger partial charge in [0.15, 0.2) is 18.3 Å². The van der Waals surface area contributed by atoms with Crippen LogP contribution in [0.4, 0.5) is 14.4 Å². The molecule has 390 valence electrons. The van der Waals surface area contributed by atoms with Gasteiger partial charge in [-0.3, -0.25) is 0 Å². The number of carbonyl (C=O) groups is 9. The Balaban J connectivity index is 0.000000526. The van der Waals surface area contributed by atoms with E-state index in [9.17, 15) is 43.2 Å². The minimum absolute atomic E-state index is 0.186. The molecule has 0 aromatic carbocycles. The SMILES string of the molecule is C=C(C)C(=O)OCC(COC(=O)N1CCCCC1)OC(=O)C(=C)C.C=C(C)C(=O)OCC(COC(=O)N1CCOCC1)OC(=O)C(=C)C.C=CC(=O)OCC(COC(=O)N1CCOCC1)OC(=O)C=C. The summed E-state index contributed by atoms with van der Waals surface area (Å²) in [6, 6.07) is 0. The average Bonchev–Trinajstić information content (AvgIpc) is 3.36. The minimum Gasteiger partial charge on any atom is -0.458 e. The van der Waals surface area contributed by atoms with Crippen molar-refractivity contribution in [1.29, 1.82) is 0 Å². The maximum absolute atomic E-state index is 12.0. The van der Waals surface area contributed by atoms with Gasteiger partial charge in [-0.15, -0.1) is 0 Å². The Morgan fingerprint density at radius 1 is 0.414 bits per heavy atom. The fourth-order valence-electron chi connectivity index (χ4n) is 5.22. The number of piperidine rings is 1. The normalized spacial score (nSPS) is 15.2. The molecule has 3 aliphatic rings. The molecular weight excluding hydrogens is 927 g/mol. The highest BCUT2D eigenvalue weighted by atomic mass is 16.6. The molecule has 0 aromatic heterocycles. The van der Waals surface area contributed by atoms with Crippen LogP contribution < -0.4 is 0 Å². The Morgan fingerprint density at radius 2 is 0.714 bits per heavy atom. The second kappa shape index (κ2) is 34.3. The number of morpholine rings is 2. The lowest BCUT2D eigenvalue weighted by atomic mass is 10.1. The minimum atomic E-state index is -0.928. The van der Waals surface area contributed by atoms with Crippen molar-refractivity contribution in [3.8, 4) is 0 Å². The van der Waals surface area contributed by atoms with Crippen LogP contribution in [0.25, 0.3) is 0 Å². The third kappa shape index (κ3) is 26.5. The van der Waals surface area contributed by atoms with Gasteiger partial charge < -0.3 is 66.8 Å². The fourth-order valence-corrected chi connectivity index (χ4v) is 5.22. The zero-order chi connectivity index (χ0) is 52.6. The number of carbonyl (C=O) groups excluding carboxylic acids is 9. The maximum atomic E-state index is 12.0. The third-order valence-electron chi connectivity index (χ3n) is 9.10. The number of ether oxygens (including phenoxy) is 11. The summed E-state index contributed by atoms with van der Waals surface area (Å²) in [5, 5.41) is 0. The van der Waals surface area contributed by atoms with E-state index in [0.29, 0.717) is 65.7 Å². The molecular formula is C47H67N3O20. The largest absolute Gasteiger partial charge is 0.458 e. The van der Waals surface area contributed by atoms with E-state index in [1.54, 1.807) is 4.90 Å². The molecule has 3 amide bonds. The van der Waals surface area contributed by atoms with E-state index in [1.807, 2.05) is 0 Å². The molecule has 3 heterocycles. The molecule has 23 nitrogen and oxygen atoms in total. The van der Waals surface area contributed by atoms with Crippen LogP contribution in [-0.4, -0.2) is 192 Å². The first-order chi connectivity index (χ1) is 33.2. The maximum Gasteiger partial charge on any atom is 0.410 e. The van der Waals surface area contributed by atoms with Crippen molar-refractivity contribution in [3.05, 3.63) is 73.9 Å². The number of nitrogens with zero attached hydrogens (tertiary/aromatic N) is 3. The first-order valence-electron chi connectivity index (χ1n) is 22.1. The molecule has 0 bridgehead atoms. The molecule has 0 aromatic rings. The smallest absolute Gasteiger partial charge is 0.410 e. The molecule has 0 N–H and O–H groups in total. The van der Waals surface area contributed by atoms with Crippen molar-refractivity contribution in [1.82, 2.24) is 14.7 Å². The van der Waals surface area contributed by atoms with E-state index >= 15 is 0 Å². The number of hydrogen-bond acceptors (Lipinski definition) is 20. The van der Waals surface area contributed by atoms with Crippen LogP contribution in [0.1, 0.15) is 47.0 Å². The highest BCUT2D eigenvalue weighted by molar-refractivity contribution is 5.89. The topological polar surface area (TPSA) is 265 Å². The van der Waals surface area contributed by atoms with Gasteiger partial charge in [0.2, 0.25) is 0 Å². The van der Waals surface area contributed by atoms with E-state index < -0.39 is 72.4 Å². The van der Waals surface area contributed by atoms with Gasteiger partial charge in [0.05, 0.1) is 26.4 Å². The van der Waals surface area contributed by atoms with Gasteiger partial charge >= 0.3 is 54.1 Å². The number of likely N-dealkylation sites (tertiary alicyclic amines) is 1. The van der Waals surface area contributed by atoms with Gasteiger partial charge in [-0.05, 0) is 47.0 Å². The van der Waals surface area contributed by atoms with E-state index in [4.69, 9.17) is 52.1 Å². The van der Waals surface area contributed by atoms with Crippen molar-refractivity contribution in [2.45, 2.75) is 65.3 Å². The molecule has 3 atom stereocenters. The van der Waals surface area contributed by atoms with Crippen molar-refractivity contribution < 1.29 is 95.3 Å². The number of amides is 3. The summed E-state index contributed by atoms with van der Waals surface area (Å²) in [5.74, 6) is -3.89. The Morgan fingerprint density at radius 3 is 1.04 bits per heavy atom. The monoisotopic (exact) mass is 993 g/mol. The lowest BCUT2D eigenvalue weighted by Crippen LogP contribution is -2.42. The lowest BCUT2D eigenvalue weighted by molar-refractivity contribution is -0.156. The van der Waals surface area contributed by atoms with E-state index in [1.165, 1.54) is 37.5 Å². The molecule has 3 rings (SSSR count). The molecule has 23 heteroatoms. The van der Waals surface area contributed by atoms with Crippen LogP contribution in [0.5, 0.6) is 0 Å². The predicted octanol–water partition coefficient (Wildman–Crippen LogP) is 3.56. The van der Waals surface area contributed by atoms with E-state index in [2.05, 4.69) is 39.5 Å². The fraction of sp³-hybridized carbons (Fsp3) is 0.553. The number of rotatable bonds is 21. The first kappa shape index (κ1) is 61.0. The van der Waals surface area contributed by atoms with Gasteiger partial charge in [-0.25, -0.2) is 43.2 Å². The Kier molecular flexibility index (Phi) is 29.9. The molecule has 3 aliphatic heterocycles. The predicted molar refractivity (Wildman–Crippen MR) is 246 cm³/mol. The number of hydrogen-bond donors (Lipinski definition) is 0. The zero-order valence-electron chi connectivity index (χ0n) is 40.6. The molecule has 0 saturated carbocycles. The Labute approximate surface area is 407 Å². The molecule has 0 radical (unpaired) electrons. The quantitative estimate of drug-likeness (QED) is 0.0904. The Bertz CT molecular complexity index is 1770. The van der Waals surface area contributed by atoms with Gasteiger partial charge in [0.25, 0.3) is 0 Å². The molecule has 3 unspecified atom stereocenters. The van der Waals surface area contributed by atoms with Crippen LogP contribution in [0.3, 0.4) is 0 Å². The number of esters is 6. The average molecular weight is 994 g/mol. The van der Waals surface area contributed by atoms with Crippen LogP contribution in [0, 0.1) is 0 Å². The summed E-state index contributed by atoms with van der Waals surface area (Å²) in [6.07, 6.45) is 0.639. The van der Waals surface area contributed by atoms with Gasteiger partial charge in [-0.2, -0.15) is 0 Å². The summed E-state index contributed by atoms with van der Waals surface area (Å²) in [6.45, 7) is 29.8. The summed E-state index contributed by atoms with van der Waals surface area (Å²) < 4.78 is 55.5. The summed E-state index contributed by atoms with van der Waals surface area (Å²) >= 11 is 0. The van der Waals surface area contributed by atoms with Gasteiger partial charge in [0, 0.05) is 73.7 Å². The lowest BCUT2D eigenvalue weighted by Gasteiger charge is -2.27. The van der Waals surface area contributed by atoms with Gasteiger partial charge in [0.1, 0.15) is 39.6 Å². The van der Waals surface area contributed by atoms with Crippen molar-refractivity contribution in [3.63, 3.8) is 0 Å². The first-order valence-corrected chi connectivity index (χ1v) is 22.1. The van der Waals surface area contributed by atoms with Crippen molar-refractivity contribution >= 4 is 54.1 Å². The molecule has 0 spiro atoms. The van der Waals surface area contributed by atoms with Crippen LogP contribution in [0.15, 0.2) is 73.9 Å². The Hall–Kier alpha value is -7.01. The highest BCUT2D eigenvalue weighted by Gasteiger charge is 2.26. The zero-order valence-corrected chi connectivity index (χ0v) is 40.6.